The Morgan fingerprint density at radius 1 is 0.966 bits per heavy atom. The number of benzene rings is 2. The number of rotatable bonds is 10. The van der Waals surface area contributed by atoms with Gasteiger partial charge in [0.05, 0.1) is 18.8 Å². The van der Waals surface area contributed by atoms with Crippen molar-refractivity contribution in [1.82, 2.24) is 0 Å². The van der Waals surface area contributed by atoms with Gasteiger partial charge >= 0.3 is 0 Å². The Hall–Kier alpha value is -2.75. The quantitative estimate of drug-likeness (QED) is 0.351. The van der Waals surface area contributed by atoms with Crippen LogP contribution in [-0.4, -0.2) is 24.6 Å². The molecule has 2 aromatic carbocycles. The largest absolute Gasteiger partial charge is 0.494 e. The van der Waals surface area contributed by atoms with Gasteiger partial charge in [0.1, 0.15) is 17.2 Å². The number of ketones is 1. The van der Waals surface area contributed by atoms with Gasteiger partial charge in [0.25, 0.3) is 0 Å². The Labute approximate surface area is 174 Å². The molecule has 0 atom stereocenters. The van der Waals surface area contributed by atoms with E-state index in [1.165, 1.54) is 0 Å². The lowest BCUT2D eigenvalue weighted by Gasteiger charge is -2.18. The first-order chi connectivity index (χ1) is 13.8. The Balaban J connectivity index is 2.22. The van der Waals surface area contributed by atoms with Gasteiger partial charge in [-0.1, -0.05) is 13.0 Å². The van der Waals surface area contributed by atoms with Crippen molar-refractivity contribution in [2.75, 3.05) is 6.61 Å². The molecule has 0 aliphatic rings. The minimum atomic E-state index is -0.0646. The standard InChI is InChI=1S/C25H32O4/c1-7-14-27-22-11-9-21(10-12-22)23(26)13-8-20-15-24(28-17(2)3)19(6)25(16-20)29-18(4)5/h8-13,15-18H,7,14H2,1-6H3. The van der Waals surface area contributed by atoms with Crippen LogP contribution >= 0.6 is 0 Å². The molecule has 0 saturated heterocycles. The van der Waals surface area contributed by atoms with Crippen LogP contribution in [0.5, 0.6) is 17.2 Å². The van der Waals surface area contributed by atoms with Crippen molar-refractivity contribution in [1.29, 1.82) is 0 Å². The molecule has 0 aromatic heterocycles. The van der Waals surface area contributed by atoms with Crippen LogP contribution < -0.4 is 14.2 Å². The van der Waals surface area contributed by atoms with Gasteiger partial charge in [0, 0.05) is 11.1 Å². The van der Waals surface area contributed by atoms with E-state index in [-0.39, 0.29) is 18.0 Å². The van der Waals surface area contributed by atoms with Gasteiger partial charge in [0.2, 0.25) is 0 Å². The molecule has 0 heterocycles. The molecule has 156 valence electrons. The van der Waals surface area contributed by atoms with Crippen LogP contribution in [0.4, 0.5) is 0 Å². The van der Waals surface area contributed by atoms with Gasteiger partial charge in [-0.15, -0.1) is 0 Å². The monoisotopic (exact) mass is 396 g/mol. The van der Waals surface area contributed by atoms with Crippen molar-refractivity contribution >= 4 is 11.9 Å². The molecule has 4 heteroatoms. The Bertz CT molecular complexity index is 801. The summed E-state index contributed by atoms with van der Waals surface area (Å²) >= 11 is 0. The maximum atomic E-state index is 12.5. The molecule has 0 aliphatic heterocycles. The van der Waals surface area contributed by atoms with Crippen molar-refractivity contribution in [3.05, 3.63) is 59.2 Å². The highest BCUT2D eigenvalue weighted by Gasteiger charge is 2.12. The zero-order valence-corrected chi connectivity index (χ0v) is 18.3. The smallest absolute Gasteiger partial charge is 0.185 e. The summed E-state index contributed by atoms with van der Waals surface area (Å²) in [6, 6.07) is 11.1. The Kier molecular flexibility index (Phi) is 8.32. The highest BCUT2D eigenvalue weighted by Crippen LogP contribution is 2.32. The lowest BCUT2D eigenvalue weighted by atomic mass is 10.1. The third kappa shape index (κ3) is 6.97. The number of allylic oxidation sites excluding steroid dienone is 1. The van der Waals surface area contributed by atoms with Gasteiger partial charge < -0.3 is 14.2 Å². The Morgan fingerprint density at radius 3 is 2.00 bits per heavy atom. The van der Waals surface area contributed by atoms with E-state index in [1.807, 2.05) is 58.9 Å². The highest BCUT2D eigenvalue weighted by atomic mass is 16.5. The van der Waals surface area contributed by atoms with E-state index < -0.39 is 0 Å². The predicted octanol–water partition coefficient (Wildman–Crippen LogP) is 6.25. The number of carbonyl (C=O) groups is 1. The molecular formula is C25H32O4. The summed E-state index contributed by atoms with van der Waals surface area (Å²) in [5.74, 6) is 2.24. The second-order valence-corrected chi connectivity index (χ2v) is 7.55. The average molecular weight is 397 g/mol. The molecule has 0 unspecified atom stereocenters. The number of ether oxygens (including phenoxy) is 3. The van der Waals surface area contributed by atoms with Crippen molar-refractivity contribution in [2.24, 2.45) is 0 Å². The minimum absolute atomic E-state index is 0.0508. The van der Waals surface area contributed by atoms with Gasteiger partial charge in [0.15, 0.2) is 5.78 Å². The van der Waals surface area contributed by atoms with Crippen molar-refractivity contribution in [3.63, 3.8) is 0 Å². The lowest BCUT2D eigenvalue weighted by molar-refractivity contribution is 0.104. The number of hydrogen-bond acceptors (Lipinski definition) is 4. The lowest BCUT2D eigenvalue weighted by Crippen LogP contribution is -2.10. The summed E-state index contributed by atoms with van der Waals surface area (Å²) in [6.45, 7) is 12.7. The van der Waals surface area contributed by atoms with Crippen LogP contribution in [0.3, 0.4) is 0 Å². The molecule has 0 radical (unpaired) electrons. The molecular weight excluding hydrogens is 364 g/mol. The first-order valence-electron chi connectivity index (χ1n) is 10.2. The van der Waals surface area contributed by atoms with Crippen LogP contribution in [0.25, 0.3) is 6.08 Å². The first kappa shape index (κ1) is 22.5. The van der Waals surface area contributed by atoms with E-state index in [0.717, 1.165) is 34.8 Å². The van der Waals surface area contributed by atoms with Crippen molar-refractivity contribution < 1.29 is 19.0 Å². The van der Waals surface area contributed by atoms with E-state index in [9.17, 15) is 4.79 Å². The fourth-order valence-corrected chi connectivity index (χ4v) is 2.73. The summed E-state index contributed by atoms with van der Waals surface area (Å²) in [4.78, 5) is 12.5. The molecule has 2 aromatic rings. The molecule has 29 heavy (non-hydrogen) atoms. The van der Waals surface area contributed by atoms with Gasteiger partial charge in [-0.25, -0.2) is 0 Å². The maximum Gasteiger partial charge on any atom is 0.185 e. The second kappa shape index (κ2) is 10.7. The van der Waals surface area contributed by atoms with E-state index in [1.54, 1.807) is 24.3 Å². The third-order valence-corrected chi connectivity index (χ3v) is 4.10. The van der Waals surface area contributed by atoms with Crippen LogP contribution in [0.1, 0.15) is 62.5 Å². The van der Waals surface area contributed by atoms with Gasteiger partial charge in [-0.2, -0.15) is 0 Å². The SMILES string of the molecule is CCCOc1ccc(C(=O)C=Cc2cc(OC(C)C)c(C)c(OC(C)C)c2)cc1. The highest BCUT2D eigenvalue weighted by molar-refractivity contribution is 6.06. The molecule has 2 rings (SSSR count). The van der Waals surface area contributed by atoms with E-state index in [2.05, 4.69) is 6.92 Å². The molecule has 0 saturated carbocycles. The second-order valence-electron chi connectivity index (χ2n) is 7.55. The summed E-state index contributed by atoms with van der Waals surface area (Å²) < 4.78 is 17.4. The summed E-state index contributed by atoms with van der Waals surface area (Å²) in [5, 5.41) is 0. The minimum Gasteiger partial charge on any atom is -0.494 e. The topological polar surface area (TPSA) is 44.8 Å². The normalized spacial score (nSPS) is 11.3. The summed E-state index contributed by atoms with van der Waals surface area (Å²) in [7, 11) is 0. The third-order valence-electron chi connectivity index (χ3n) is 4.10. The molecule has 0 amide bonds. The summed E-state index contributed by atoms with van der Waals surface area (Å²) in [6.07, 6.45) is 4.42. The molecule has 0 fully saturated rings. The van der Waals surface area contributed by atoms with Crippen molar-refractivity contribution in [3.8, 4) is 17.2 Å². The van der Waals surface area contributed by atoms with Crippen LogP contribution in [0.15, 0.2) is 42.5 Å². The number of hydrogen-bond donors (Lipinski definition) is 0. The van der Waals surface area contributed by atoms with Crippen molar-refractivity contribution in [2.45, 2.75) is 60.2 Å². The van der Waals surface area contributed by atoms with E-state index in [4.69, 9.17) is 14.2 Å². The number of carbonyl (C=O) groups excluding carboxylic acids is 1. The fourth-order valence-electron chi connectivity index (χ4n) is 2.73. The molecule has 0 bridgehead atoms. The molecule has 0 N–H and O–H groups in total. The predicted molar refractivity (Wildman–Crippen MR) is 118 cm³/mol. The van der Waals surface area contributed by atoms with E-state index in [0.29, 0.717) is 12.2 Å². The average Bonchev–Trinajstić information content (AvgIpc) is 2.67. The fraction of sp³-hybridized carbons (Fsp3) is 0.400. The van der Waals surface area contributed by atoms with E-state index >= 15 is 0 Å². The van der Waals surface area contributed by atoms with Gasteiger partial charge in [-0.05, 0) is 89.1 Å². The summed E-state index contributed by atoms with van der Waals surface area (Å²) in [5.41, 5.74) is 2.44. The van der Waals surface area contributed by atoms with Crippen LogP contribution in [0.2, 0.25) is 0 Å². The zero-order chi connectivity index (χ0) is 21.4. The molecule has 4 nitrogen and oxygen atoms in total. The zero-order valence-electron chi connectivity index (χ0n) is 18.3. The maximum absolute atomic E-state index is 12.5. The van der Waals surface area contributed by atoms with Crippen LogP contribution in [-0.2, 0) is 0 Å². The van der Waals surface area contributed by atoms with Gasteiger partial charge in [-0.3, -0.25) is 4.79 Å². The molecule has 0 aliphatic carbocycles. The first-order valence-corrected chi connectivity index (χ1v) is 10.2. The van der Waals surface area contributed by atoms with Crippen LogP contribution in [0, 0.1) is 6.92 Å². The molecule has 0 spiro atoms. The Morgan fingerprint density at radius 2 is 1.52 bits per heavy atom.